The monoisotopic (exact) mass is 232 g/mol. The first-order valence-electron chi connectivity index (χ1n) is 3.31. The van der Waals surface area contributed by atoms with Crippen LogP contribution in [0.4, 0.5) is 11.4 Å². The van der Waals surface area contributed by atoms with Crippen LogP contribution in [0.5, 0.6) is 0 Å². The maximum absolute atomic E-state index is 10.6. The normalized spacial score (nSPS) is 13.0. The first-order valence-corrected chi connectivity index (χ1v) is 4.10. The summed E-state index contributed by atoms with van der Waals surface area (Å²) in [6.45, 7) is 1.82. The topological polar surface area (TPSA) is 73.8 Å². The lowest BCUT2D eigenvalue weighted by atomic mass is 10.2. The van der Waals surface area contributed by atoms with Crippen LogP contribution in [0.3, 0.4) is 0 Å². The summed E-state index contributed by atoms with van der Waals surface area (Å²) in [6, 6.07) is 3.32. The van der Waals surface area contributed by atoms with Crippen LogP contribution in [0.1, 0.15) is 5.56 Å². The Hall–Kier alpha value is -0.620. The molecular formula is C7H9BrN2O2. The fourth-order valence-electron chi connectivity index (χ4n) is 0.930. The minimum absolute atomic E-state index is 0.141. The lowest BCUT2D eigenvalue weighted by Crippen LogP contribution is -2.99. The molecule has 0 aliphatic rings. The Bertz CT molecular complexity index is 302. The predicted molar refractivity (Wildman–Crippen MR) is 49.1 cm³/mol. The Kier molecular flexibility index (Phi) is 2.69. The number of hydrogen-bond donors (Lipinski definition) is 3. The summed E-state index contributed by atoms with van der Waals surface area (Å²) in [5.74, 6) is 0. The average molecular weight is 233 g/mol. The first-order chi connectivity index (χ1) is 5.52. The molecule has 0 heterocycles. The van der Waals surface area contributed by atoms with E-state index in [9.17, 15) is 5.21 Å². The minimum Gasteiger partial charge on any atom is -0.595 e. The standard InChI is InChI=1S/C7H9BrN2O2/c1-4-2-5(8)7(9)6(3-4)10(11)12/h2-3,10-11H,9H2,1H3. The number of rotatable bonds is 1. The summed E-state index contributed by atoms with van der Waals surface area (Å²) < 4.78 is 0.625. The molecule has 5 heteroatoms. The third-order valence-corrected chi connectivity index (χ3v) is 2.16. The van der Waals surface area contributed by atoms with E-state index in [1.165, 1.54) is 0 Å². The molecule has 4 N–H and O–H groups in total. The van der Waals surface area contributed by atoms with Crippen molar-refractivity contribution in [3.63, 3.8) is 0 Å². The van der Waals surface area contributed by atoms with Crippen molar-refractivity contribution in [1.29, 1.82) is 0 Å². The Balaban J connectivity index is 3.28. The highest BCUT2D eigenvalue weighted by Gasteiger charge is 2.09. The van der Waals surface area contributed by atoms with E-state index in [4.69, 9.17) is 10.9 Å². The Morgan fingerprint density at radius 1 is 1.58 bits per heavy atom. The van der Waals surface area contributed by atoms with Gasteiger partial charge < -0.3 is 10.9 Å². The highest BCUT2D eigenvalue weighted by molar-refractivity contribution is 9.10. The number of quaternary nitrogens is 1. The van der Waals surface area contributed by atoms with Crippen molar-refractivity contribution < 1.29 is 10.4 Å². The molecule has 0 amide bonds. The Morgan fingerprint density at radius 2 is 2.17 bits per heavy atom. The lowest BCUT2D eigenvalue weighted by molar-refractivity contribution is -0.990. The summed E-state index contributed by atoms with van der Waals surface area (Å²) in [6.07, 6.45) is 0. The molecule has 0 aromatic heterocycles. The van der Waals surface area contributed by atoms with E-state index in [1.54, 1.807) is 12.1 Å². The van der Waals surface area contributed by atoms with E-state index in [0.29, 0.717) is 4.47 Å². The Morgan fingerprint density at radius 3 is 2.67 bits per heavy atom. The van der Waals surface area contributed by atoms with Crippen LogP contribution in [0.15, 0.2) is 16.6 Å². The number of halogens is 1. The van der Waals surface area contributed by atoms with Crippen LogP contribution < -0.4 is 11.0 Å². The fraction of sp³-hybridized carbons (Fsp3) is 0.143. The van der Waals surface area contributed by atoms with Crippen LogP contribution in [0.2, 0.25) is 0 Å². The number of nitrogen functional groups attached to an aromatic ring is 1. The van der Waals surface area contributed by atoms with E-state index in [2.05, 4.69) is 15.9 Å². The fourth-order valence-corrected chi connectivity index (χ4v) is 1.50. The quantitative estimate of drug-likeness (QED) is 0.494. The molecule has 1 atom stereocenters. The Labute approximate surface area is 78.3 Å². The average Bonchev–Trinajstić information content (AvgIpc) is 1.96. The molecule has 12 heavy (non-hydrogen) atoms. The zero-order valence-electron chi connectivity index (χ0n) is 6.47. The number of benzene rings is 1. The van der Waals surface area contributed by atoms with Gasteiger partial charge in [0.1, 0.15) is 5.69 Å². The second kappa shape index (κ2) is 3.40. The third kappa shape index (κ3) is 1.75. The minimum atomic E-state index is -1.00. The van der Waals surface area contributed by atoms with Gasteiger partial charge in [-0.2, -0.15) is 5.23 Å². The molecule has 1 rings (SSSR count). The molecule has 0 aliphatic heterocycles. The number of nitrogens with two attached hydrogens (primary N) is 1. The zero-order valence-corrected chi connectivity index (χ0v) is 8.05. The van der Waals surface area contributed by atoms with E-state index in [0.717, 1.165) is 5.56 Å². The van der Waals surface area contributed by atoms with Crippen LogP contribution in [0, 0.1) is 12.1 Å². The summed E-state index contributed by atoms with van der Waals surface area (Å²) in [4.78, 5) is 0. The summed E-state index contributed by atoms with van der Waals surface area (Å²) in [5, 5.41) is 18.3. The van der Waals surface area contributed by atoms with E-state index in [1.807, 2.05) is 6.92 Å². The number of anilines is 1. The second-order valence-electron chi connectivity index (χ2n) is 2.51. The molecule has 1 aromatic rings. The predicted octanol–water partition coefficient (Wildman–Crippen LogP) is 0.743. The van der Waals surface area contributed by atoms with Gasteiger partial charge in [-0.3, -0.25) is 0 Å². The van der Waals surface area contributed by atoms with Gasteiger partial charge in [-0.25, -0.2) is 5.21 Å². The number of aryl methyl sites for hydroxylation is 1. The van der Waals surface area contributed by atoms with Gasteiger partial charge in [-0.1, -0.05) is 0 Å². The van der Waals surface area contributed by atoms with Gasteiger partial charge in [-0.05, 0) is 34.5 Å². The SMILES string of the molecule is Cc1cc(Br)c(N)c([NH+]([O-])O)c1. The molecule has 0 fully saturated rings. The van der Waals surface area contributed by atoms with Gasteiger partial charge in [0.05, 0.1) is 0 Å². The van der Waals surface area contributed by atoms with Crippen LogP contribution in [0.25, 0.3) is 0 Å². The number of nitrogens with one attached hydrogen (secondary N) is 1. The van der Waals surface area contributed by atoms with Crippen molar-refractivity contribution >= 4 is 27.3 Å². The van der Waals surface area contributed by atoms with E-state index < -0.39 is 5.23 Å². The van der Waals surface area contributed by atoms with Crippen molar-refractivity contribution in [2.45, 2.75) is 6.92 Å². The highest BCUT2D eigenvalue weighted by Crippen LogP contribution is 2.26. The van der Waals surface area contributed by atoms with Crippen molar-refractivity contribution in [2.24, 2.45) is 0 Å². The van der Waals surface area contributed by atoms with Crippen molar-refractivity contribution in [2.75, 3.05) is 5.73 Å². The molecule has 0 radical (unpaired) electrons. The van der Waals surface area contributed by atoms with Crippen molar-refractivity contribution in [1.82, 2.24) is 0 Å². The molecule has 4 nitrogen and oxygen atoms in total. The maximum atomic E-state index is 10.6. The molecule has 1 unspecified atom stereocenters. The van der Waals surface area contributed by atoms with Crippen LogP contribution in [-0.2, 0) is 0 Å². The molecule has 0 spiro atoms. The maximum Gasteiger partial charge on any atom is 0.188 e. The molecule has 0 saturated carbocycles. The smallest absolute Gasteiger partial charge is 0.188 e. The molecule has 1 aromatic carbocycles. The van der Waals surface area contributed by atoms with Gasteiger partial charge in [0.2, 0.25) is 0 Å². The van der Waals surface area contributed by atoms with E-state index >= 15 is 0 Å². The molecular weight excluding hydrogens is 224 g/mol. The van der Waals surface area contributed by atoms with Crippen LogP contribution >= 0.6 is 15.9 Å². The summed E-state index contributed by atoms with van der Waals surface area (Å²) in [7, 11) is 0. The molecule has 0 bridgehead atoms. The van der Waals surface area contributed by atoms with Gasteiger partial charge in [0.25, 0.3) is 0 Å². The summed E-state index contributed by atoms with van der Waals surface area (Å²) >= 11 is 3.18. The molecule has 0 aliphatic carbocycles. The first kappa shape index (κ1) is 9.47. The third-order valence-electron chi connectivity index (χ3n) is 1.50. The second-order valence-corrected chi connectivity index (χ2v) is 3.37. The van der Waals surface area contributed by atoms with Crippen molar-refractivity contribution in [3.05, 3.63) is 27.4 Å². The molecule has 0 saturated heterocycles. The summed E-state index contributed by atoms with van der Waals surface area (Å²) in [5.41, 5.74) is 6.81. The van der Waals surface area contributed by atoms with Crippen molar-refractivity contribution in [3.8, 4) is 0 Å². The van der Waals surface area contributed by atoms with Crippen LogP contribution in [-0.4, -0.2) is 5.21 Å². The van der Waals surface area contributed by atoms with Gasteiger partial charge >= 0.3 is 0 Å². The van der Waals surface area contributed by atoms with Gasteiger partial charge in [0, 0.05) is 10.5 Å². The molecule has 66 valence electrons. The zero-order chi connectivity index (χ0) is 9.30. The van der Waals surface area contributed by atoms with Gasteiger partial charge in [0.15, 0.2) is 5.69 Å². The largest absolute Gasteiger partial charge is 0.595 e. The van der Waals surface area contributed by atoms with E-state index in [-0.39, 0.29) is 11.4 Å². The van der Waals surface area contributed by atoms with Gasteiger partial charge in [-0.15, -0.1) is 0 Å². The number of hydrogen-bond acceptors (Lipinski definition) is 3. The highest BCUT2D eigenvalue weighted by atomic mass is 79.9. The lowest BCUT2D eigenvalue weighted by Gasteiger charge is -2.14.